The molecule has 0 radical (unpaired) electrons. The second kappa shape index (κ2) is 4.84. The molecule has 0 spiro atoms. The number of hydrogen-bond acceptors (Lipinski definition) is 3. The molecular weight excluding hydrogens is 178 g/mol. The lowest BCUT2D eigenvalue weighted by molar-refractivity contribution is -0.116. The maximum atomic E-state index is 11.4. The number of rotatable bonds is 2. The molecule has 0 atom stereocenters. The highest BCUT2D eigenvalue weighted by atomic mass is 16.3. The Morgan fingerprint density at radius 1 is 1.36 bits per heavy atom. The van der Waals surface area contributed by atoms with Gasteiger partial charge in [-0.2, -0.15) is 0 Å². The Labute approximate surface area is 84.7 Å². The van der Waals surface area contributed by atoms with E-state index in [9.17, 15) is 9.90 Å². The summed E-state index contributed by atoms with van der Waals surface area (Å²) in [6, 6.07) is 0. The first-order valence-electron chi connectivity index (χ1n) is 4.91. The van der Waals surface area contributed by atoms with Crippen molar-refractivity contribution in [2.45, 2.75) is 25.7 Å². The fourth-order valence-electron chi connectivity index (χ4n) is 1.47. The number of carbonyl (C=O) groups excluding carboxylic acids is 1. The van der Waals surface area contributed by atoms with Gasteiger partial charge in [0.15, 0.2) is 5.78 Å². The summed E-state index contributed by atoms with van der Waals surface area (Å²) in [5.74, 6) is 0.223. The molecule has 1 fully saturated rings. The van der Waals surface area contributed by atoms with E-state index in [4.69, 9.17) is 0 Å². The molecule has 0 unspecified atom stereocenters. The van der Waals surface area contributed by atoms with Gasteiger partial charge in [0.1, 0.15) is 5.76 Å². The number of aliphatic hydroxyl groups is 1. The van der Waals surface area contributed by atoms with Gasteiger partial charge in [0, 0.05) is 32.3 Å². The Balaban J connectivity index is 2.75. The van der Waals surface area contributed by atoms with E-state index in [1.54, 1.807) is 12.3 Å². The molecule has 0 bridgehead atoms. The molecule has 1 rings (SSSR count). The van der Waals surface area contributed by atoms with E-state index in [1.807, 2.05) is 19.0 Å². The molecule has 0 aromatic rings. The molecule has 1 saturated carbocycles. The molecule has 78 valence electrons. The second-order valence-corrected chi connectivity index (χ2v) is 3.77. The quantitative estimate of drug-likeness (QED) is 0.541. The highest BCUT2D eigenvalue weighted by Crippen LogP contribution is 2.22. The minimum Gasteiger partial charge on any atom is -0.507 e. The Bertz CT molecular complexity index is 277. The van der Waals surface area contributed by atoms with Crippen LogP contribution in [0.1, 0.15) is 25.7 Å². The molecule has 3 heteroatoms. The summed E-state index contributed by atoms with van der Waals surface area (Å²) in [7, 11) is 3.74. The van der Waals surface area contributed by atoms with Gasteiger partial charge < -0.3 is 10.0 Å². The first-order chi connectivity index (χ1) is 6.61. The molecule has 0 amide bonds. The molecule has 0 aromatic carbocycles. The van der Waals surface area contributed by atoms with Crippen LogP contribution < -0.4 is 0 Å². The van der Waals surface area contributed by atoms with Crippen molar-refractivity contribution in [3.05, 3.63) is 23.6 Å². The van der Waals surface area contributed by atoms with Crippen molar-refractivity contribution in [3.8, 4) is 0 Å². The van der Waals surface area contributed by atoms with Crippen LogP contribution in [0.3, 0.4) is 0 Å². The van der Waals surface area contributed by atoms with E-state index in [0.717, 1.165) is 12.8 Å². The lowest BCUT2D eigenvalue weighted by Gasteiger charge is -2.13. The van der Waals surface area contributed by atoms with E-state index in [1.165, 1.54) is 0 Å². The molecule has 1 aliphatic carbocycles. The van der Waals surface area contributed by atoms with Crippen molar-refractivity contribution in [1.82, 2.24) is 4.90 Å². The smallest absolute Gasteiger partial charge is 0.162 e. The van der Waals surface area contributed by atoms with Crippen LogP contribution in [-0.2, 0) is 4.79 Å². The van der Waals surface area contributed by atoms with E-state index >= 15 is 0 Å². The first-order valence-corrected chi connectivity index (χ1v) is 4.91. The van der Waals surface area contributed by atoms with E-state index < -0.39 is 0 Å². The minimum absolute atomic E-state index is 0.0946. The summed E-state index contributed by atoms with van der Waals surface area (Å²) in [5, 5.41) is 9.64. The van der Waals surface area contributed by atoms with Gasteiger partial charge in [0.25, 0.3) is 0 Å². The van der Waals surface area contributed by atoms with Crippen LogP contribution in [0.25, 0.3) is 0 Å². The predicted molar refractivity (Wildman–Crippen MR) is 56.0 cm³/mol. The molecule has 0 heterocycles. The fraction of sp³-hybridized carbons (Fsp3) is 0.545. The van der Waals surface area contributed by atoms with Crippen LogP contribution in [0.5, 0.6) is 0 Å². The number of hydrogen-bond donors (Lipinski definition) is 1. The summed E-state index contributed by atoms with van der Waals surface area (Å²) >= 11 is 0. The molecule has 0 saturated heterocycles. The summed E-state index contributed by atoms with van der Waals surface area (Å²) < 4.78 is 0. The van der Waals surface area contributed by atoms with Gasteiger partial charge in [0.05, 0.1) is 0 Å². The maximum Gasteiger partial charge on any atom is 0.162 e. The zero-order chi connectivity index (χ0) is 10.6. The van der Waals surface area contributed by atoms with Crippen LogP contribution in [0.15, 0.2) is 23.6 Å². The normalized spacial score (nSPS) is 21.4. The van der Waals surface area contributed by atoms with Crippen LogP contribution in [-0.4, -0.2) is 29.9 Å². The van der Waals surface area contributed by atoms with Gasteiger partial charge in [-0.1, -0.05) is 0 Å². The monoisotopic (exact) mass is 195 g/mol. The highest BCUT2D eigenvalue weighted by Gasteiger charge is 2.17. The molecule has 1 N–H and O–H groups in total. The Hall–Kier alpha value is -1.25. The Morgan fingerprint density at radius 2 is 2.00 bits per heavy atom. The Kier molecular flexibility index (Phi) is 3.74. The van der Waals surface area contributed by atoms with Gasteiger partial charge in [-0.25, -0.2) is 0 Å². The maximum absolute atomic E-state index is 11.4. The molecule has 1 aliphatic rings. The average molecular weight is 195 g/mol. The van der Waals surface area contributed by atoms with Crippen LogP contribution >= 0.6 is 0 Å². The van der Waals surface area contributed by atoms with Gasteiger partial charge in [-0.15, -0.1) is 0 Å². The Morgan fingerprint density at radius 3 is 2.57 bits per heavy atom. The first kappa shape index (κ1) is 10.8. The molecule has 3 nitrogen and oxygen atoms in total. The lowest BCUT2D eigenvalue weighted by Crippen LogP contribution is -2.11. The second-order valence-electron chi connectivity index (χ2n) is 3.77. The SMILES string of the molecule is CN(C)/C=C/C(O)=C1CCCCC1=O. The van der Waals surface area contributed by atoms with Crippen LogP contribution in [0.4, 0.5) is 0 Å². The summed E-state index contributed by atoms with van der Waals surface area (Å²) in [4.78, 5) is 13.2. The largest absolute Gasteiger partial charge is 0.507 e. The molecule has 14 heavy (non-hydrogen) atoms. The number of aliphatic hydroxyl groups excluding tert-OH is 1. The summed E-state index contributed by atoms with van der Waals surface area (Å²) in [6.07, 6.45) is 6.56. The third-order valence-corrected chi connectivity index (χ3v) is 2.26. The van der Waals surface area contributed by atoms with Crippen molar-refractivity contribution in [2.75, 3.05) is 14.1 Å². The third kappa shape index (κ3) is 2.91. The zero-order valence-electron chi connectivity index (χ0n) is 8.79. The predicted octanol–water partition coefficient (Wildman–Crippen LogP) is 2.02. The number of Topliss-reactive ketones (excluding diaryl/α,β-unsaturated/α-hetero) is 1. The summed E-state index contributed by atoms with van der Waals surface area (Å²) in [5.41, 5.74) is 0.592. The van der Waals surface area contributed by atoms with Crippen molar-refractivity contribution >= 4 is 5.78 Å². The van der Waals surface area contributed by atoms with Crippen LogP contribution in [0, 0.1) is 0 Å². The third-order valence-electron chi connectivity index (χ3n) is 2.26. The van der Waals surface area contributed by atoms with Gasteiger partial charge in [-0.3, -0.25) is 4.79 Å². The van der Waals surface area contributed by atoms with Gasteiger partial charge in [-0.05, 0) is 25.3 Å². The highest BCUT2D eigenvalue weighted by molar-refractivity contribution is 5.96. The van der Waals surface area contributed by atoms with Crippen molar-refractivity contribution < 1.29 is 9.90 Å². The van der Waals surface area contributed by atoms with Crippen LogP contribution in [0.2, 0.25) is 0 Å². The molecule has 0 aromatic heterocycles. The van der Waals surface area contributed by atoms with Crippen molar-refractivity contribution in [1.29, 1.82) is 0 Å². The number of ketones is 1. The number of carbonyl (C=O) groups is 1. The minimum atomic E-state index is 0.0946. The topological polar surface area (TPSA) is 40.5 Å². The molecular formula is C11H17NO2. The van der Waals surface area contributed by atoms with E-state index in [2.05, 4.69) is 0 Å². The lowest BCUT2D eigenvalue weighted by atomic mass is 9.92. The fourth-order valence-corrected chi connectivity index (χ4v) is 1.47. The number of nitrogens with zero attached hydrogens (tertiary/aromatic N) is 1. The average Bonchev–Trinajstić information content (AvgIpc) is 2.15. The zero-order valence-corrected chi connectivity index (χ0v) is 8.79. The standard InChI is InChI=1S/C11H17NO2/c1-12(2)8-7-11(14)9-5-3-4-6-10(9)13/h7-8,14H,3-6H2,1-2H3/b8-7+,11-9?. The van der Waals surface area contributed by atoms with E-state index in [-0.39, 0.29) is 11.5 Å². The van der Waals surface area contributed by atoms with E-state index in [0.29, 0.717) is 18.4 Å². The van der Waals surface area contributed by atoms with Crippen molar-refractivity contribution in [3.63, 3.8) is 0 Å². The summed E-state index contributed by atoms with van der Waals surface area (Å²) in [6.45, 7) is 0. The van der Waals surface area contributed by atoms with Crippen molar-refractivity contribution in [2.24, 2.45) is 0 Å². The molecule has 0 aliphatic heterocycles. The van der Waals surface area contributed by atoms with Gasteiger partial charge in [0.2, 0.25) is 0 Å². The van der Waals surface area contributed by atoms with Gasteiger partial charge >= 0.3 is 0 Å². The number of allylic oxidation sites excluding steroid dienone is 2.